The zero-order valence-electron chi connectivity index (χ0n) is 10.6. The van der Waals surface area contributed by atoms with Gasteiger partial charge in [0, 0.05) is 19.7 Å². The lowest BCUT2D eigenvalue weighted by molar-refractivity contribution is -0.145. The van der Waals surface area contributed by atoms with E-state index in [9.17, 15) is 9.59 Å². The van der Waals surface area contributed by atoms with Crippen LogP contribution in [-0.4, -0.2) is 55.6 Å². The first-order chi connectivity index (χ1) is 8.11. The Bertz CT molecular complexity index is 267. The molecule has 0 radical (unpaired) electrons. The Balaban J connectivity index is 2.31. The summed E-state index contributed by atoms with van der Waals surface area (Å²) in [7, 11) is 0. The number of esters is 1. The highest BCUT2D eigenvalue weighted by molar-refractivity contribution is 5.96. The van der Waals surface area contributed by atoms with Crippen LogP contribution in [0, 0.1) is 0 Å². The van der Waals surface area contributed by atoms with E-state index < -0.39 is 5.97 Å². The molecule has 0 aromatic heterocycles. The molecule has 1 heterocycles. The highest BCUT2D eigenvalue weighted by Crippen LogP contribution is 2.05. The first-order valence-corrected chi connectivity index (χ1v) is 6.13. The van der Waals surface area contributed by atoms with E-state index in [1.807, 2.05) is 11.8 Å². The lowest BCUT2D eigenvalue weighted by atomic mass is 10.2. The second-order valence-electron chi connectivity index (χ2n) is 4.29. The Morgan fingerprint density at radius 1 is 1.47 bits per heavy atom. The van der Waals surface area contributed by atoms with E-state index in [2.05, 4.69) is 0 Å². The van der Waals surface area contributed by atoms with Gasteiger partial charge in [0.1, 0.15) is 6.42 Å². The molecule has 0 amide bonds. The first kappa shape index (κ1) is 14.1. The molecular weight excluding hydrogens is 222 g/mol. The van der Waals surface area contributed by atoms with Crippen LogP contribution in [0.1, 0.15) is 26.7 Å². The van der Waals surface area contributed by atoms with Gasteiger partial charge in [-0.2, -0.15) is 0 Å². The molecule has 98 valence electrons. The zero-order chi connectivity index (χ0) is 12.7. The fourth-order valence-electron chi connectivity index (χ4n) is 1.90. The van der Waals surface area contributed by atoms with Gasteiger partial charge < -0.3 is 9.47 Å². The molecule has 0 N–H and O–H groups in total. The van der Waals surface area contributed by atoms with Gasteiger partial charge in [-0.3, -0.25) is 14.5 Å². The maximum atomic E-state index is 11.6. The average Bonchev–Trinajstić information content (AvgIpc) is 2.42. The molecule has 5 heteroatoms. The summed E-state index contributed by atoms with van der Waals surface area (Å²) in [6.45, 7) is 6.69. The molecule has 1 aliphatic rings. The van der Waals surface area contributed by atoms with E-state index in [0.717, 1.165) is 26.1 Å². The van der Waals surface area contributed by atoms with E-state index in [0.29, 0.717) is 13.2 Å². The van der Waals surface area contributed by atoms with E-state index >= 15 is 0 Å². The third-order valence-electron chi connectivity index (χ3n) is 2.58. The summed E-state index contributed by atoms with van der Waals surface area (Å²) >= 11 is 0. The Morgan fingerprint density at radius 3 is 2.94 bits per heavy atom. The van der Waals surface area contributed by atoms with Crippen LogP contribution in [0.4, 0.5) is 0 Å². The molecule has 17 heavy (non-hydrogen) atoms. The minimum atomic E-state index is -0.434. The van der Waals surface area contributed by atoms with Crippen molar-refractivity contribution in [1.29, 1.82) is 0 Å². The van der Waals surface area contributed by atoms with Crippen molar-refractivity contribution in [2.45, 2.75) is 32.8 Å². The van der Waals surface area contributed by atoms with Crippen LogP contribution in [0.3, 0.4) is 0 Å². The van der Waals surface area contributed by atoms with Gasteiger partial charge in [-0.1, -0.05) is 0 Å². The highest BCUT2D eigenvalue weighted by Gasteiger charge is 2.19. The largest absolute Gasteiger partial charge is 0.466 e. The highest BCUT2D eigenvalue weighted by atomic mass is 16.5. The van der Waals surface area contributed by atoms with Crippen molar-refractivity contribution in [3.8, 4) is 0 Å². The maximum absolute atomic E-state index is 11.6. The van der Waals surface area contributed by atoms with Crippen LogP contribution in [-0.2, 0) is 19.1 Å². The van der Waals surface area contributed by atoms with Crippen molar-refractivity contribution >= 4 is 11.8 Å². The quantitative estimate of drug-likeness (QED) is 0.523. The van der Waals surface area contributed by atoms with Gasteiger partial charge in [0.2, 0.25) is 0 Å². The first-order valence-electron chi connectivity index (χ1n) is 6.13. The summed E-state index contributed by atoms with van der Waals surface area (Å²) in [4.78, 5) is 24.8. The minimum absolute atomic E-state index is 0.0856. The van der Waals surface area contributed by atoms with Gasteiger partial charge in [-0.05, 0) is 20.3 Å². The topological polar surface area (TPSA) is 55.8 Å². The van der Waals surface area contributed by atoms with E-state index in [4.69, 9.17) is 9.47 Å². The number of hydrogen-bond acceptors (Lipinski definition) is 5. The molecule has 0 saturated carbocycles. The molecule has 0 spiro atoms. The monoisotopic (exact) mass is 243 g/mol. The Morgan fingerprint density at radius 2 is 2.24 bits per heavy atom. The molecule has 1 saturated heterocycles. The second kappa shape index (κ2) is 7.40. The standard InChI is InChI=1S/C12H21NO4/c1-3-16-12(15)7-11(14)9-13-5-4-6-17-10(2)8-13/h10H,3-9H2,1-2H3. The SMILES string of the molecule is CCOC(=O)CC(=O)CN1CCCOC(C)C1. The van der Waals surface area contributed by atoms with E-state index in [-0.39, 0.29) is 18.3 Å². The van der Waals surface area contributed by atoms with Crippen molar-refractivity contribution in [1.82, 2.24) is 4.90 Å². The van der Waals surface area contributed by atoms with Gasteiger partial charge in [0.25, 0.3) is 0 Å². The molecule has 0 aromatic rings. The Kier molecular flexibility index (Phi) is 6.15. The van der Waals surface area contributed by atoms with Crippen LogP contribution in [0.5, 0.6) is 0 Å². The Hall–Kier alpha value is -0.940. The number of ether oxygens (including phenoxy) is 2. The van der Waals surface area contributed by atoms with E-state index in [1.54, 1.807) is 6.92 Å². The summed E-state index contributed by atoms with van der Waals surface area (Å²) in [6, 6.07) is 0. The van der Waals surface area contributed by atoms with Crippen LogP contribution in [0.2, 0.25) is 0 Å². The van der Waals surface area contributed by atoms with E-state index in [1.165, 1.54) is 0 Å². The number of carbonyl (C=O) groups is 2. The maximum Gasteiger partial charge on any atom is 0.313 e. The molecule has 1 unspecified atom stereocenters. The predicted octanol–water partition coefficient (Wildman–Crippen LogP) is 0.620. The minimum Gasteiger partial charge on any atom is -0.466 e. The van der Waals surface area contributed by atoms with Crippen LogP contribution >= 0.6 is 0 Å². The third kappa shape index (κ3) is 5.79. The number of hydrogen-bond donors (Lipinski definition) is 0. The van der Waals surface area contributed by atoms with Gasteiger partial charge >= 0.3 is 5.97 Å². The summed E-state index contributed by atoms with van der Waals surface area (Å²) in [6.07, 6.45) is 0.948. The van der Waals surface area contributed by atoms with Crippen LogP contribution in [0.25, 0.3) is 0 Å². The summed E-state index contributed by atoms with van der Waals surface area (Å²) < 4.78 is 10.2. The number of Topliss-reactive ketones (excluding diaryl/α,β-unsaturated/α-hetero) is 1. The van der Waals surface area contributed by atoms with Crippen molar-refractivity contribution in [3.05, 3.63) is 0 Å². The zero-order valence-corrected chi connectivity index (χ0v) is 10.6. The molecule has 1 aliphatic heterocycles. The lowest BCUT2D eigenvalue weighted by Gasteiger charge is -2.20. The van der Waals surface area contributed by atoms with Gasteiger partial charge in [-0.15, -0.1) is 0 Å². The predicted molar refractivity (Wildman–Crippen MR) is 62.7 cm³/mol. The summed E-state index contributed by atoms with van der Waals surface area (Å²) in [5, 5.41) is 0. The molecule has 0 bridgehead atoms. The summed E-state index contributed by atoms with van der Waals surface area (Å²) in [5.74, 6) is -0.519. The third-order valence-corrected chi connectivity index (χ3v) is 2.58. The molecule has 0 aliphatic carbocycles. The Labute approximate surface area is 102 Å². The fourth-order valence-corrected chi connectivity index (χ4v) is 1.90. The fraction of sp³-hybridized carbons (Fsp3) is 0.833. The molecule has 5 nitrogen and oxygen atoms in total. The van der Waals surface area contributed by atoms with Crippen LogP contribution in [0.15, 0.2) is 0 Å². The normalized spacial score (nSPS) is 21.9. The van der Waals surface area contributed by atoms with Crippen molar-refractivity contribution in [2.24, 2.45) is 0 Å². The lowest BCUT2D eigenvalue weighted by Crippen LogP contribution is -2.35. The number of ketones is 1. The number of carbonyl (C=O) groups excluding carboxylic acids is 2. The van der Waals surface area contributed by atoms with Gasteiger partial charge in [0.05, 0.1) is 19.3 Å². The second-order valence-corrected chi connectivity index (χ2v) is 4.29. The van der Waals surface area contributed by atoms with Crippen molar-refractivity contribution in [3.63, 3.8) is 0 Å². The molecular formula is C12H21NO4. The molecule has 1 atom stereocenters. The number of nitrogens with zero attached hydrogens (tertiary/aromatic N) is 1. The average molecular weight is 243 g/mol. The van der Waals surface area contributed by atoms with Gasteiger partial charge in [-0.25, -0.2) is 0 Å². The van der Waals surface area contributed by atoms with Crippen LogP contribution < -0.4 is 0 Å². The number of rotatable bonds is 5. The molecule has 1 fully saturated rings. The molecule has 0 aromatic carbocycles. The van der Waals surface area contributed by atoms with Crippen molar-refractivity contribution in [2.75, 3.05) is 32.8 Å². The summed E-state index contributed by atoms with van der Waals surface area (Å²) in [5.41, 5.74) is 0. The van der Waals surface area contributed by atoms with Crippen molar-refractivity contribution < 1.29 is 19.1 Å². The smallest absolute Gasteiger partial charge is 0.313 e. The molecule has 1 rings (SSSR count). The van der Waals surface area contributed by atoms with Gasteiger partial charge in [0.15, 0.2) is 5.78 Å².